The van der Waals surface area contributed by atoms with Crippen LogP contribution in [0.25, 0.3) is 5.65 Å². The molecule has 7 nitrogen and oxygen atoms in total. The van der Waals surface area contributed by atoms with Gasteiger partial charge < -0.3 is 11.5 Å². The Morgan fingerprint density at radius 1 is 1.24 bits per heavy atom. The zero-order chi connectivity index (χ0) is 12.6. The molecule has 0 atom stereocenters. The molecule has 0 unspecified atom stereocenters. The number of anilines is 2. The summed E-state index contributed by atoms with van der Waals surface area (Å²) in [5.41, 5.74) is 12.0. The van der Waals surface area contributed by atoms with Crippen LogP contribution in [0.3, 0.4) is 0 Å². The van der Waals surface area contributed by atoms with Crippen molar-refractivity contribution in [2.45, 2.75) is 5.03 Å². The number of nitriles is 2. The van der Waals surface area contributed by atoms with E-state index in [-0.39, 0.29) is 28.4 Å². The van der Waals surface area contributed by atoms with Crippen LogP contribution in [0.2, 0.25) is 0 Å². The zero-order valence-electron chi connectivity index (χ0n) is 8.80. The Bertz CT molecular complexity index is 688. The second kappa shape index (κ2) is 3.85. The van der Waals surface area contributed by atoms with Gasteiger partial charge in [-0.2, -0.15) is 15.0 Å². The van der Waals surface area contributed by atoms with Crippen LogP contribution >= 0.6 is 11.8 Å². The monoisotopic (exact) mass is 245 g/mol. The molecule has 2 rings (SSSR count). The van der Waals surface area contributed by atoms with Gasteiger partial charge in [0, 0.05) is 0 Å². The number of nitrogens with zero attached hydrogens (tertiary/aromatic N) is 5. The van der Waals surface area contributed by atoms with E-state index < -0.39 is 0 Å². The summed E-state index contributed by atoms with van der Waals surface area (Å²) in [5.74, 6) is 0.184. The van der Waals surface area contributed by atoms with Gasteiger partial charge in [-0.15, -0.1) is 16.9 Å². The van der Waals surface area contributed by atoms with Gasteiger partial charge in [0.15, 0.2) is 11.5 Å². The van der Waals surface area contributed by atoms with E-state index in [0.717, 1.165) is 0 Å². The number of hydrogen-bond acceptors (Lipinski definition) is 7. The molecule has 0 saturated carbocycles. The molecule has 0 saturated heterocycles. The fourth-order valence-corrected chi connectivity index (χ4v) is 1.96. The summed E-state index contributed by atoms with van der Waals surface area (Å²) in [4.78, 5) is 4.18. The molecule has 0 spiro atoms. The van der Waals surface area contributed by atoms with Gasteiger partial charge in [0.2, 0.25) is 0 Å². The average Bonchev–Trinajstić information content (AvgIpc) is 2.65. The molecule has 0 radical (unpaired) electrons. The third-order valence-electron chi connectivity index (χ3n) is 2.21. The van der Waals surface area contributed by atoms with E-state index >= 15 is 0 Å². The van der Waals surface area contributed by atoms with E-state index in [0.29, 0.717) is 5.03 Å². The second-order valence-electron chi connectivity index (χ2n) is 3.10. The van der Waals surface area contributed by atoms with Crippen LogP contribution in [0.4, 0.5) is 11.6 Å². The van der Waals surface area contributed by atoms with Gasteiger partial charge in [-0.25, -0.2) is 4.98 Å². The van der Waals surface area contributed by atoms with Gasteiger partial charge >= 0.3 is 0 Å². The van der Waals surface area contributed by atoms with Gasteiger partial charge in [-0.1, -0.05) is 0 Å². The summed E-state index contributed by atoms with van der Waals surface area (Å²) in [7, 11) is 0. The number of fused-ring (bicyclic) bond motifs is 1. The van der Waals surface area contributed by atoms with Crippen molar-refractivity contribution < 1.29 is 0 Å². The first kappa shape index (κ1) is 11.0. The maximum atomic E-state index is 9.00. The Hall–Kier alpha value is -2.45. The van der Waals surface area contributed by atoms with Gasteiger partial charge in [0.1, 0.15) is 34.1 Å². The molecule has 0 bridgehead atoms. The highest BCUT2D eigenvalue weighted by Crippen LogP contribution is 2.26. The molecule has 2 aromatic heterocycles. The van der Waals surface area contributed by atoms with Crippen molar-refractivity contribution >= 4 is 29.0 Å². The summed E-state index contributed by atoms with van der Waals surface area (Å²) in [6.07, 6.45) is 1.77. The molecule has 84 valence electrons. The molecule has 0 amide bonds. The van der Waals surface area contributed by atoms with E-state index in [2.05, 4.69) is 10.1 Å². The van der Waals surface area contributed by atoms with Gasteiger partial charge in [-0.05, 0) is 6.26 Å². The minimum atomic E-state index is 0.0499. The van der Waals surface area contributed by atoms with Crippen LogP contribution < -0.4 is 11.5 Å². The molecule has 2 heterocycles. The Morgan fingerprint density at radius 2 is 1.88 bits per heavy atom. The van der Waals surface area contributed by atoms with Crippen LogP contribution in [0.5, 0.6) is 0 Å². The van der Waals surface area contributed by atoms with Crippen LogP contribution in [-0.4, -0.2) is 20.9 Å². The van der Waals surface area contributed by atoms with Crippen molar-refractivity contribution in [1.82, 2.24) is 14.6 Å². The predicted molar refractivity (Wildman–Crippen MR) is 63.0 cm³/mol. The highest BCUT2D eigenvalue weighted by Gasteiger charge is 2.18. The molecule has 17 heavy (non-hydrogen) atoms. The van der Waals surface area contributed by atoms with Gasteiger partial charge in [-0.3, -0.25) is 0 Å². The van der Waals surface area contributed by atoms with Crippen LogP contribution in [-0.2, 0) is 0 Å². The molecular formula is C9H7N7S. The maximum Gasteiger partial charge on any atom is 0.178 e. The van der Waals surface area contributed by atoms with Crippen LogP contribution in [0.1, 0.15) is 11.1 Å². The lowest BCUT2D eigenvalue weighted by atomic mass is 10.3. The van der Waals surface area contributed by atoms with E-state index in [4.69, 9.17) is 22.0 Å². The minimum Gasteiger partial charge on any atom is -0.382 e. The summed E-state index contributed by atoms with van der Waals surface area (Å²) >= 11 is 1.27. The lowest BCUT2D eigenvalue weighted by Gasteiger charge is -2.04. The number of aromatic nitrogens is 3. The first-order valence-corrected chi connectivity index (χ1v) is 5.68. The number of nitrogen functional groups attached to an aromatic ring is 2. The minimum absolute atomic E-state index is 0.0499. The second-order valence-corrected chi connectivity index (χ2v) is 3.90. The lowest BCUT2D eigenvalue weighted by Crippen LogP contribution is -2.05. The zero-order valence-corrected chi connectivity index (χ0v) is 9.62. The van der Waals surface area contributed by atoms with E-state index in [9.17, 15) is 0 Å². The molecule has 0 aliphatic rings. The number of rotatable bonds is 1. The maximum absolute atomic E-state index is 9.00. The van der Waals surface area contributed by atoms with Crippen LogP contribution in [0.15, 0.2) is 5.03 Å². The molecular weight excluding hydrogens is 238 g/mol. The van der Waals surface area contributed by atoms with Crippen molar-refractivity contribution in [1.29, 1.82) is 10.5 Å². The van der Waals surface area contributed by atoms with Crippen molar-refractivity contribution in [2.75, 3.05) is 17.7 Å². The molecule has 0 aromatic carbocycles. The molecule has 0 aliphatic heterocycles. The molecule has 0 fully saturated rings. The van der Waals surface area contributed by atoms with Crippen molar-refractivity contribution in [3.05, 3.63) is 11.1 Å². The Labute approximate surface area is 101 Å². The standard InChI is InChI=1S/C9H7N7S/c1-17-9-5(3-11)7(13)16-8(14-9)4(2-10)6(12)15-16/h13H2,1H3,(H2,12,15). The fourth-order valence-electron chi connectivity index (χ4n) is 1.42. The first-order chi connectivity index (χ1) is 8.13. The third kappa shape index (κ3) is 1.43. The predicted octanol–water partition coefficient (Wildman–Crippen LogP) is 0.359. The number of thioether (sulfide) groups is 1. The Kier molecular flexibility index (Phi) is 2.50. The van der Waals surface area contributed by atoms with Crippen molar-refractivity contribution in [3.63, 3.8) is 0 Å². The van der Waals surface area contributed by atoms with E-state index in [1.165, 1.54) is 16.3 Å². The van der Waals surface area contributed by atoms with E-state index in [1.54, 1.807) is 6.26 Å². The summed E-state index contributed by atoms with van der Waals surface area (Å²) in [6.45, 7) is 0. The van der Waals surface area contributed by atoms with Gasteiger partial charge in [0.05, 0.1) is 0 Å². The lowest BCUT2D eigenvalue weighted by molar-refractivity contribution is 0.925. The quantitative estimate of drug-likeness (QED) is 0.547. The Balaban J connectivity index is 2.98. The molecule has 2 aromatic rings. The topological polar surface area (TPSA) is 130 Å². The van der Waals surface area contributed by atoms with Crippen molar-refractivity contribution in [3.8, 4) is 12.1 Å². The third-order valence-corrected chi connectivity index (χ3v) is 2.89. The number of hydrogen-bond donors (Lipinski definition) is 2. The molecule has 4 N–H and O–H groups in total. The molecule has 0 aliphatic carbocycles. The fraction of sp³-hybridized carbons (Fsp3) is 0.111. The Morgan fingerprint density at radius 3 is 2.41 bits per heavy atom. The number of nitrogens with two attached hydrogens (primary N) is 2. The largest absolute Gasteiger partial charge is 0.382 e. The summed E-state index contributed by atoms with van der Waals surface area (Å²) in [6, 6.07) is 3.88. The highest BCUT2D eigenvalue weighted by atomic mass is 32.2. The van der Waals surface area contributed by atoms with Gasteiger partial charge in [0.25, 0.3) is 0 Å². The van der Waals surface area contributed by atoms with E-state index in [1.807, 2.05) is 12.1 Å². The normalized spacial score (nSPS) is 10.1. The first-order valence-electron chi connectivity index (χ1n) is 4.45. The average molecular weight is 245 g/mol. The van der Waals surface area contributed by atoms with Crippen LogP contribution in [0, 0.1) is 22.7 Å². The smallest absolute Gasteiger partial charge is 0.178 e. The highest BCUT2D eigenvalue weighted by molar-refractivity contribution is 7.98. The van der Waals surface area contributed by atoms with Crippen molar-refractivity contribution in [2.24, 2.45) is 0 Å². The summed E-state index contributed by atoms with van der Waals surface area (Å²) < 4.78 is 1.21. The molecule has 8 heteroatoms. The SMILES string of the molecule is CSc1nc2c(C#N)c(N)nn2c(N)c1C#N. The summed E-state index contributed by atoms with van der Waals surface area (Å²) in [5, 5.41) is 22.3.